The Balaban J connectivity index is 0.00000153. The summed E-state index contributed by atoms with van der Waals surface area (Å²) < 4.78 is 4.43. The summed E-state index contributed by atoms with van der Waals surface area (Å²) >= 11 is -1.62. The van der Waals surface area contributed by atoms with Gasteiger partial charge in [-0.05, 0) is 0 Å². The molecule has 33 heavy (non-hydrogen) atoms. The molecule has 0 heterocycles. The van der Waals surface area contributed by atoms with E-state index in [1.54, 1.807) is 22.3 Å². The third-order valence-corrected chi connectivity index (χ3v) is 13.1. The van der Waals surface area contributed by atoms with E-state index < -0.39 is 17.4 Å². The van der Waals surface area contributed by atoms with Gasteiger partial charge in [0.1, 0.15) is 0 Å². The van der Waals surface area contributed by atoms with Crippen LogP contribution in [0, 0.1) is 0 Å². The molecule has 3 aliphatic carbocycles. The van der Waals surface area contributed by atoms with Crippen molar-refractivity contribution in [3.05, 3.63) is 80.8 Å². The summed E-state index contributed by atoms with van der Waals surface area (Å²) in [5, 5.41) is 0. The van der Waals surface area contributed by atoms with Crippen LogP contribution in [0.4, 0.5) is 0 Å². The minimum absolute atomic E-state index is 0. The monoisotopic (exact) mass is 514 g/mol. The predicted octanol–water partition coefficient (Wildman–Crippen LogP) is 2.61. The summed E-state index contributed by atoms with van der Waals surface area (Å²) in [6, 6.07) is 15.0. The van der Waals surface area contributed by atoms with Crippen LogP contribution in [0.3, 0.4) is 0 Å². The minimum Gasteiger partial charge on any atom is -1.00 e. The van der Waals surface area contributed by atoms with E-state index in [9.17, 15) is 0 Å². The molecule has 0 nitrogen and oxygen atoms in total. The second-order valence-electron chi connectivity index (χ2n) is 10.3. The Morgan fingerprint density at radius 2 is 1.30 bits per heavy atom. The summed E-state index contributed by atoms with van der Waals surface area (Å²) in [4.78, 5) is 0. The molecule has 2 aromatic rings. The van der Waals surface area contributed by atoms with E-state index in [1.807, 2.05) is 7.69 Å². The summed E-state index contributed by atoms with van der Waals surface area (Å²) in [5.74, 6) is 1.15. The SMILES string of the molecule is CC(C)c1ccc2c(c1)-c1cc(C(C)C)ccc1[CH]2[Ti+2]([C]1=CC=CC1)=[C]1CCCCC1.[Cl-].[Cl-]. The third kappa shape index (κ3) is 5.06. The molecular weight excluding hydrogens is 479 g/mol. The average molecular weight is 515 g/mol. The van der Waals surface area contributed by atoms with Crippen LogP contribution in [0.5, 0.6) is 0 Å². The molecule has 0 bridgehead atoms. The second kappa shape index (κ2) is 11.2. The van der Waals surface area contributed by atoms with E-state index >= 15 is 0 Å². The quantitative estimate of drug-likeness (QED) is 0.550. The third-order valence-electron chi connectivity index (χ3n) is 7.64. The Labute approximate surface area is 219 Å². The van der Waals surface area contributed by atoms with E-state index in [0.717, 1.165) is 0 Å². The van der Waals surface area contributed by atoms with Crippen LogP contribution < -0.4 is 24.8 Å². The molecule has 1 saturated carbocycles. The standard InChI is InChI=1S/C19H21.C6H10.C5H5.2ClH.Ti/c1-12(2)14-5-7-16-9-17-8-6-15(13(3)4)11-19(17)18(16)10-14;1-2-4-6-5-3-1;1-2-4-5-3-1;;;/h5-13H,1-4H3;1-5H2;1-3H,4H2;2*1H;/q;;;;;+2/p-2. The second-order valence-corrected chi connectivity index (χ2v) is 14.6. The molecular formula is C30H36Cl2Ti. The topological polar surface area (TPSA) is 0 Å². The molecule has 3 heteroatoms. The maximum Gasteiger partial charge on any atom is -1.00 e. The number of benzene rings is 2. The van der Waals surface area contributed by atoms with E-state index in [0.29, 0.717) is 16.1 Å². The van der Waals surface area contributed by atoms with Gasteiger partial charge in [-0.1, -0.05) is 0 Å². The van der Waals surface area contributed by atoms with Crippen LogP contribution in [0.25, 0.3) is 11.1 Å². The van der Waals surface area contributed by atoms with E-state index in [-0.39, 0.29) is 24.8 Å². The predicted molar refractivity (Wildman–Crippen MR) is 132 cm³/mol. The van der Waals surface area contributed by atoms with E-state index in [4.69, 9.17) is 0 Å². The van der Waals surface area contributed by atoms with Gasteiger partial charge in [-0.3, -0.25) is 0 Å². The first kappa shape index (κ1) is 26.7. The Hall–Kier alpha value is -0.916. The van der Waals surface area contributed by atoms with Crippen LogP contribution in [0.1, 0.15) is 105 Å². The molecule has 5 rings (SSSR count). The van der Waals surface area contributed by atoms with Gasteiger partial charge in [0.25, 0.3) is 0 Å². The van der Waals surface area contributed by atoms with Crippen molar-refractivity contribution in [2.24, 2.45) is 0 Å². The first-order valence-corrected chi connectivity index (χ1v) is 14.9. The summed E-state index contributed by atoms with van der Waals surface area (Å²) in [6.07, 6.45) is 15.5. The molecule has 0 aliphatic heterocycles. The van der Waals surface area contributed by atoms with Crippen molar-refractivity contribution >= 4 is 3.81 Å². The maximum absolute atomic E-state index is 2.53. The number of hydrogen-bond acceptors (Lipinski definition) is 0. The van der Waals surface area contributed by atoms with Gasteiger partial charge in [-0.15, -0.1) is 0 Å². The Morgan fingerprint density at radius 3 is 1.76 bits per heavy atom. The van der Waals surface area contributed by atoms with Crippen molar-refractivity contribution in [1.29, 1.82) is 0 Å². The van der Waals surface area contributed by atoms with Crippen molar-refractivity contribution in [2.45, 2.75) is 82.3 Å². The number of fused-ring (bicyclic) bond motifs is 3. The molecule has 0 atom stereocenters. The number of rotatable bonds is 4. The smallest absolute Gasteiger partial charge is 1.00 e. The summed E-state index contributed by atoms with van der Waals surface area (Å²) in [5.41, 5.74) is 9.33. The number of allylic oxidation sites excluding steroid dienone is 4. The minimum atomic E-state index is -1.62. The fourth-order valence-electron chi connectivity index (χ4n) is 5.83. The van der Waals surface area contributed by atoms with Crippen LogP contribution in [0.2, 0.25) is 0 Å². The summed E-state index contributed by atoms with van der Waals surface area (Å²) in [7, 11) is 0. The molecule has 0 unspecified atom stereocenters. The van der Waals surface area contributed by atoms with Crippen LogP contribution in [0.15, 0.2) is 58.5 Å². The molecule has 0 amide bonds. The van der Waals surface area contributed by atoms with Crippen molar-refractivity contribution in [3.63, 3.8) is 0 Å². The average Bonchev–Trinajstić information content (AvgIpc) is 3.41. The van der Waals surface area contributed by atoms with Gasteiger partial charge in [0.2, 0.25) is 0 Å². The maximum atomic E-state index is 2.53. The van der Waals surface area contributed by atoms with Crippen molar-refractivity contribution < 1.29 is 42.2 Å². The van der Waals surface area contributed by atoms with Gasteiger partial charge < -0.3 is 24.8 Å². The molecule has 1 fully saturated rings. The van der Waals surface area contributed by atoms with Crippen LogP contribution in [-0.2, 0) is 17.4 Å². The summed E-state index contributed by atoms with van der Waals surface area (Å²) in [6.45, 7) is 9.30. The van der Waals surface area contributed by atoms with Gasteiger partial charge in [0.05, 0.1) is 0 Å². The van der Waals surface area contributed by atoms with Gasteiger partial charge in [0, 0.05) is 0 Å². The van der Waals surface area contributed by atoms with Crippen molar-refractivity contribution in [2.75, 3.05) is 0 Å². The van der Waals surface area contributed by atoms with E-state index in [2.05, 4.69) is 82.3 Å². The molecule has 0 saturated heterocycles. The largest absolute Gasteiger partial charge is 1.00 e. The Morgan fingerprint density at radius 1 is 0.758 bits per heavy atom. The zero-order chi connectivity index (χ0) is 21.5. The van der Waals surface area contributed by atoms with Gasteiger partial charge in [0.15, 0.2) is 0 Å². The van der Waals surface area contributed by atoms with Crippen LogP contribution >= 0.6 is 0 Å². The normalized spacial score (nSPS) is 16.6. The Bertz CT molecular complexity index is 1040. The van der Waals surface area contributed by atoms with Crippen LogP contribution in [-0.4, -0.2) is 3.81 Å². The fraction of sp³-hybridized carbons (Fsp3) is 0.433. The number of halogens is 2. The molecule has 0 spiro atoms. The molecule has 0 aromatic heterocycles. The Kier molecular flexibility index (Phi) is 9.07. The first-order chi connectivity index (χ1) is 15.0. The molecule has 0 radical (unpaired) electrons. The molecule has 174 valence electrons. The first-order valence-electron chi connectivity index (χ1n) is 12.4. The molecule has 3 aliphatic rings. The molecule has 0 N–H and O–H groups in total. The molecule has 2 aromatic carbocycles. The number of hydrogen-bond donors (Lipinski definition) is 0. The van der Waals surface area contributed by atoms with Gasteiger partial charge in [-0.2, -0.15) is 0 Å². The fourth-order valence-corrected chi connectivity index (χ4v) is 11.9. The zero-order valence-corrected chi connectivity index (χ0v) is 23.5. The van der Waals surface area contributed by atoms with Crippen molar-refractivity contribution in [1.82, 2.24) is 0 Å². The zero-order valence-electron chi connectivity index (χ0n) is 20.4. The van der Waals surface area contributed by atoms with E-state index in [1.165, 1.54) is 49.7 Å². The van der Waals surface area contributed by atoms with Crippen molar-refractivity contribution in [3.8, 4) is 11.1 Å². The van der Waals surface area contributed by atoms with Gasteiger partial charge in [-0.25, -0.2) is 0 Å². The van der Waals surface area contributed by atoms with Gasteiger partial charge >= 0.3 is 195 Å².